The third kappa shape index (κ3) is 22.3. The molecular formula is C44H78N18O11. The minimum atomic E-state index is -1.56. The lowest BCUT2D eigenvalue weighted by atomic mass is 10.1. The van der Waals surface area contributed by atoms with Crippen LogP contribution in [0.25, 0.3) is 0 Å². The zero-order valence-corrected chi connectivity index (χ0v) is 41.7. The summed E-state index contributed by atoms with van der Waals surface area (Å²) in [5, 5.41) is 37.6. The van der Waals surface area contributed by atoms with E-state index in [2.05, 4.69) is 47.2 Å². The van der Waals surface area contributed by atoms with Crippen LogP contribution in [0.2, 0.25) is 0 Å². The average molecular weight is 1040 g/mol. The molecule has 1 aromatic rings. The van der Waals surface area contributed by atoms with Crippen molar-refractivity contribution < 1.29 is 53.4 Å². The Hall–Kier alpha value is -6.79. The summed E-state index contributed by atoms with van der Waals surface area (Å²) in [5.74, 6) is -7.99. The number of aliphatic hydroxyl groups excluding tert-OH is 1. The number of carboxylic acid groups (broad SMARTS) is 1. The topological polar surface area (TPSA) is 494 Å². The lowest BCUT2D eigenvalue weighted by Crippen LogP contribution is -2.60. The first-order valence-corrected chi connectivity index (χ1v) is 24.3. The van der Waals surface area contributed by atoms with Gasteiger partial charge in [0, 0.05) is 39.3 Å². The number of hydrogen-bond donors (Lipinski definition) is 16. The van der Waals surface area contributed by atoms with E-state index in [1.807, 2.05) is 0 Å². The number of likely N-dealkylation sites (tertiary alicyclic amines) is 1. The van der Waals surface area contributed by atoms with E-state index in [4.69, 9.17) is 40.1 Å². The Kier molecular flexibility index (Phi) is 28.2. The van der Waals surface area contributed by atoms with E-state index in [0.29, 0.717) is 44.3 Å². The van der Waals surface area contributed by atoms with E-state index < -0.39 is 120 Å². The SMILES string of the molecule is C[C@H](NC(=O)[C@@H](NC(=O)[C@@H](N)CCCCN)[C@@H](O)CN)C(=O)NCC(=O)N[C@H](CCCN)C(=O)N1CCC[C@H]1C(=O)N[C@@H](Cc1cn(C)cn1)C(=O)N[C@@H](CCCCN)C(=O)N/C(=C\CCN=C(N)N)C(=O)O. The number of hydrogen-bond acceptors (Lipinski definition) is 17. The molecule has 1 aliphatic rings. The number of carbonyl (C=O) groups is 9. The van der Waals surface area contributed by atoms with Gasteiger partial charge in [-0.2, -0.15) is 0 Å². The lowest BCUT2D eigenvalue weighted by molar-refractivity contribution is -0.142. The van der Waals surface area contributed by atoms with E-state index in [0.717, 1.165) is 0 Å². The van der Waals surface area contributed by atoms with Gasteiger partial charge in [0.2, 0.25) is 47.3 Å². The van der Waals surface area contributed by atoms with Gasteiger partial charge in [-0.1, -0.05) is 12.5 Å². The maximum atomic E-state index is 14.2. The van der Waals surface area contributed by atoms with Crippen molar-refractivity contribution in [3.05, 3.63) is 30.0 Å². The molecule has 0 spiro atoms. The normalized spacial score (nSPS) is 16.3. The van der Waals surface area contributed by atoms with Crippen LogP contribution in [0.15, 0.2) is 29.3 Å². The Labute approximate surface area is 423 Å². The van der Waals surface area contributed by atoms with Crippen LogP contribution in [0.4, 0.5) is 0 Å². The van der Waals surface area contributed by atoms with Crippen LogP contribution >= 0.6 is 0 Å². The summed E-state index contributed by atoms with van der Waals surface area (Å²) in [5.41, 5.74) is 39.0. The second-order valence-corrected chi connectivity index (χ2v) is 17.5. The number of imidazole rings is 1. The summed E-state index contributed by atoms with van der Waals surface area (Å²) >= 11 is 0. The van der Waals surface area contributed by atoms with Crippen LogP contribution < -0.4 is 77.4 Å². The Balaban J connectivity index is 2.22. The molecule has 1 saturated heterocycles. The van der Waals surface area contributed by atoms with Gasteiger partial charge in [-0.25, -0.2) is 9.78 Å². The summed E-state index contributed by atoms with van der Waals surface area (Å²) < 4.78 is 1.62. The van der Waals surface area contributed by atoms with Crippen molar-refractivity contribution in [1.82, 2.24) is 51.7 Å². The molecule has 0 aliphatic carbocycles. The van der Waals surface area contributed by atoms with Crippen molar-refractivity contribution in [2.45, 2.75) is 132 Å². The number of aryl methyl sites for hydroxylation is 1. The largest absolute Gasteiger partial charge is 0.477 e. The van der Waals surface area contributed by atoms with E-state index in [9.17, 15) is 53.4 Å². The van der Waals surface area contributed by atoms with E-state index in [-0.39, 0.29) is 77.1 Å². The maximum absolute atomic E-state index is 14.2. The highest BCUT2D eigenvalue weighted by Crippen LogP contribution is 2.20. The van der Waals surface area contributed by atoms with Crippen molar-refractivity contribution in [2.75, 3.05) is 45.8 Å². The summed E-state index contributed by atoms with van der Waals surface area (Å²) in [4.78, 5) is 129. The second kappa shape index (κ2) is 33.0. The van der Waals surface area contributed by atoms with Crippen LogP contribution in [0, 0.1) is 0 Å². The number of carboxylic acids is 1. The Morgan fingerprint density at radius 3 is 2.07 bits per heavy atom. The van der Waals surface area contributed by atoms with E-state index in [1.165, 1.54) is 24.2 Å². The van der Waals surface area contributed by atoms with Crippen LogP contribution in [-0.4, -0.2) is 178 Å². The first-order chi connectivity index (χ1) is 34.7. The van der Waals surface area contributed by atoms with Gasteiger partial charge in [-0.3, -0.25) is 43.3 Å². The third-order valence-corrected chi connectivity index (χ3v) is 11.5. The molecule has 73 heavy (non-hydrogen) atoms. The monoisotopic (exact) mass is 1030 g/mol. The van der Waals surface area contributed by atoms with Crippen molar-refractivity contribution in [2.24, 2.45) is 52.2 Å². The first-order valence-electron chi connectivity index (χ1n) is 24.3. The smallest absolute Gasteiger partial charge is 0.352 e. The number of aliphatic hydroxyl groups is 1. The van der Waals surface area contributed by atoms with Crippen LogP contribution in [0.5, 0.6) is 0 Å². The molecule has 2 rings (SSSR count). The molecular weight excluding hydrogens is 957 g/mol. The number of rotatable bonds is 34. The van der Waals surface area contributed by atoms with Gasteiger partial charge >= 0.3 is 5.97 Å². The fourth-order valence-electron chi connectivity index (χ4n) is 7.50. The highest BCUT2D eigenvalue weighted by Gasteiger charge is 2.40. The lowest BCUT2D eigenvalue weighted by Gasteiger charge is -2.30. The predicted molar refractivity (Wildman–Crippen MR) is 266 cm³/mol. The summed E-state index contributed by atoms with van der Waals surface area (Å²) in [6, 6.07) is -8.81. The molecule has 29 nitrogen and oxygen atoms in total. The van der Waals surface area contributed by atoms with Gasteiger partial charge in [0.15, 0.2) is 5.96 Å². The minimum absolute atomic E-state index is 0.0424. The number of aliphatic imine (C=N–C) groups is 1. The molecule has 2 heterocycles. The van der Waals surface area contributed by atoms with Gasteiger partial charge in [0.25, 0.3) is 0 Å². The second-order valence-electron chi connectivity index (χ2n) is 17.5. The molecule has 1 fully saturated rings. The predicted octanol–water partition coefficient (Wildman–Crippen LogP) is -7.09. The van der Waals surface area contributed by atoms with Gasteiger partial charge in [-0.15, -0.1) is 0 Å². The van der Waals surface area contributed by atoms with Crippen LogP contribution in [0.3, 0.4) is 0 Å². The fourth-order valence-corrected chi connectivity index (χ4v) is 7.50. The number of unbranched alkanes of at least 4 members (excludes halogenated alkanes) is 2. The maximum Gasteiger partial charge on any atom is 0.352 e. The van der Waals surface area contributed by atoms with Crippen molar-refractivity contribution in [1.29, 1.82) is 0 Å². The molecule has 23 N–H and O–H groups in total. The highest BCUT2D eigenvalue weighted by atomic mass is 16.4. The van der Waals surface area contributed by atoms with E-state index in [1.54, 1.807) is 17.8 Å². The van der Waals surface area contributed by atoms with E-state index >= 15 is 0 Å². The molecule has 0 radical (unpaired) electrons. The summed E-state index contributed by atoms with van der Waals surface area (Å²) in [6.07, 6.45) is 5.90. The molecule has 0 aromatic carbocycles. The first kappa shape index (κ1) is 62.3. The third-order valence-electron chi connectivity index (χ3n) is 11.5. The quantitative estimate of drug-likeness (QED) is 0.0132. The fraction of sp³-hybridized carbons (Fsp3) is 0.659. The van der Waals surface area contributed by atoms with Crippen molar-refractivity contribution in [3.8, 4) is 0 Å². The van der Waals surface area contributed by atoms with Crippen LogP contribution in [0.1, 0.15) is 83.2 Å². The molecule has 1 aliphatic heterocycles. The van der Waals surface area contributed by atoms with Crippen molar-refractivity contribution in [3.63, 3.8) is 0 Å². The Morgan fingerprint density at radius 1 is 0.808 bits per heavy atom. The number of carbonyl (C=O) groups excluding carboxylic acids is 8. The number of nitrogens with one attached hydrogen (secondary N) is 7. The zero-order valence-electron chi connectivity index (χ0n) is 41.7. The number of amides is 8. The number of nitrogens with two attached hydrogens (primary N) is 7. The van der Waals surface area contributed by atoms with Gasteiger partial charge in [-0.05, 0) is 90.8 Å². The molecule has 410 valence electrons. The minimum Gasteiger partial charge on any atom is -0.477 e. The van der Waals surface area contributed by atoms with Gasteiger partial charge in [0.1, 0.15) is 41.9 Å². The number of nitrogens with zero attached hydrogens (tertiary/aromatic N) is 4. The number of aromatic nitrogens is 2. The van der Waals surface area contributed by atoms with Crippen molar-refractivity contribution >= 4 is 59.2 Å². The zero-order chi connectivity index (χ0) is 54.6. The molecule has 0 bridgehead atoms. The molecule has 8 amide bonds. The van der Waals surface area contributed by atoms with Gasteiger partial charge < -0.3 is 97.0 Å². The van der Waals surface area contributed by atoms with Gasteiger partial charge in [0.05, 0.1) is 30.7 Å². The number of aliphatic carboxylic acids is 1. The Morgan fingerprint density at radius 2 is 1.47 bits per heavy atom. The molecule has 0 unspecified atom stereocenters. The molecule has 8 atom stereocenters. The highest BCUT2D eigenvalue weighted by molar-refractivity contribution is 5.99. The average Bonchev–Trinajstić information content (AvgIpc) is 4.02. The van der Waals surface area contributed by atoms with Crippen LogP contribution in [-0.2, 0) is 56.6 Å². The molecule has 1 aromatic heterocycles. The standard InChI is InChI=1S/C44H78N18O11/c1-25(55-41(70)35(33(63)21-48)60-37(66)27(49)10-3-5-15-45)36(65)53-22-34(64)56-29(12-7-17-47)42(71)62-19-9-14-32(62)40(69)59-31(20-26-23-61(2)24-54-26)39(68)57-28(11-4-6-16-46)38(67)58-30(43(72)73)13-8-18-52-44(50)51/h13,23-25,27-29,31-33,35,63H,3-12,14-22,45-49H2,1-2H3,(H,53,65)(H,55,70)(H,56,64)(H,57,68)(H,58,67)(H,59,69)(H,60,66)(H,72,73)(H4,50,51,52)/b30-13-/t25-,27-,28-,29+,31-,32-,33-,35-/m0/s1. The number of guanidine groups is 1. The Bertz CT molecular complexity index is 2070. The summed E-state index contributed by atoms with van der Waals surface area (Å²) in [7, 11) is 1.70. The molecule has 29 heteroatoms. The molecule has 0 saturated carbocycles. The summed E-state index contributed by atoms with van der Waals surface area (Å²) in [6.45, 7) is 1.19.